The van der Waals surface area contributed by atoms with E-state index in [9.17, 15) is 9.90 Å². The van der Waals surface area contributed by atoms with E-state index in [0.717, 1.165) is 30.6 Å². The molecule has 0 bridgehead atoms. The lowest BCUT2D eigenvalue weighted by Crippen LogP contribution is -2.21. The van der Waals surface area contributed by atoms with Crippen LogP contribution in [-0.2, 0) is 4.79 Å². The molecule has 1 aliphatic heterocycles. The number of nitrogens with zero attached hydrogens (tertiary/aromatic N) is 1. The fourth-order valence-electron chi connectivity index (χ4n) is 2.30. The summed E-state index contributed by atoms with van der Waals surface area (Å²) >= 11 is 0. The molecule has 80 valence electrons. The second kappa shape index (κ2) is 3.93. The van der Waals surface area contributed by atoms with E-state index in [1.807, 2.05) is 12.1 Å². The van der Waals surface area contributed by atoms with Crippen LogP contribution in [-0.4, -0.2) is 24.5 Å². The van der Waals surface area contributed by atoms with Gasteiger partial charge in [-0.2, -0.15) is 0 Å². The summed E-state index contributed by atoms with van der Waals surface area (Å²) in [6, 6.07) is 5.54. The molecule has 0 radical (unpaired) electrons. The fraction of sp³-hybridized carbons (Fsp3) is 0.417. The Balaban J connectivity index is 2.43. The fourth-order valence-corrected chi connectivity index (χ4v) is 2.30. The Morgan fingerprint density at radius 2 is 2.40 bits per heavy atom. The molecular formula is C12H15NO2. The van der Waals surface area contributed by atoms with E-state index in [0.29, 0.717) is 12.2 Å². The Morgan fingerprint density at radius 3 is 3.07 bits per heavy atom. The Labute approximate surface area is 89.3 Å². The molecule has 1 aromatic carbocycles. The van der Waals surface area contributed by atoms with Crippen LogP contribution in [0.25, 0.3) is 0 Å². The number of hydrogen-bond donors (Lipinski definition) is 1. The van der Waals surface area contributed by atoms with Crippen molar-refractivity contribution in [2.24, 2.45) is 0 Å². The molecule has 0 aliphatic carbocycles. The summed E-state index contributed by atoms with van der Waals surface area (Å²) in [5.41, 5.74) is 2.01. The summed E-state index contributed by atoms with van der Waals surface area (Å²) in [7, 11) is 0. The first-order chi connectivity index (χ1) is 7.27. The van der Waals surface area contributed by atoms with Gasteiger partial charge in [-0.1, -0.05) is 6.07 Å². The lowest BCUT2D eigenvalue weighted by molar-refractivity contribution is -0.108. The van der Waals surface area contributed by atoms with Crippen molar-refractivity contribution in [2.75, 3.05) is 18.0 Å². The van der Waals surface area contributed by atoms with Gasteiger partial charge in [0, 0.05) is 36.7 Å². The molecule has 0 fully saturated rings. The van der Waals surface area contributed by atoms with E-state index in [4.69, 9.17) is 0 Å². The number of benzene rings is 1. The van der Waals surface area contributed by atoms with Crippen LogP contribution in [0.15, 0.2) is 18.2 Å². The lowest BCUT2D eigenvalue weighted by atomic mass is 9.98. The van der Waals surface area contributed by atoms with Gasteiger partial charge < -0.3 is 14.8 Å². The topological polar surface area (TPSA) is 40.5 Å². The second-order valence-electron chi connectivity index (χ2n) is 3.85. The third-order valence-electron chi connectivity index (χ3n) is 3.01. The predicted molar refractivity (Wildman–Crippen MR) is 59.4 cm³/mol. The van der Waals surface area contributed by atoms with Crippen molar-refractivity contribution < 1.29 is 9.90 Å². The molecule has 0 saturated heterocycles. The molecule has 1 unspecified atom stereocenters. The van der Waals surface area contributed by atoms with Crippen molar-refractivity contribution >= 4 is 12.0 Å². The number of aromatic hydroxyl groups is 1. The minimum atomic E-state index is 0.152. The van der Waals surface area contributed by atoms with Crippen LogP contribution in [0.3, 0.4) is 0 Å². The number of phenols is 1. The van der Waals surface area contributed by atoms with Gasteiger partial charge in [-0.15, -0.1) is 0 Å². The number of anilines is 1. The Morgan fingerprint density at radius 1 is 1.60 bits per heavy atom. The summed E-state index contributed by atoms with van der Waals surface area (Å²) in [6.45, 7) is 3.82. The van der Waals surface area contributed by atoms with Crippen molar-refractivity contribution in [1.29, 1.82) is 0 Å². The number of likely N-dealkylation sites (N-methyl/N-ethyl adjacent to an activating group) is 1. The first-order valence-corrected chi connectivity index (χ1v) is 5.28. The summed E-state index contributed by atoms with van der Waals surface area (Å²) in [6.07, 6.45) is 1.42. The highest BCUT2D eigenvalue weighted by Crippen LogP contribution is 2.42. The molecule has 0 saturated carbocycles. The first-order valence-electron chi connectivity index (χ1n) is 5.28. The van der Waals surface area contributed by atoms with E-state index in [-0.39, 0.29) is 5.92 Å². The first kappa shape index (κ1) is 10.0. The van der Waals surface area contributed by atoms with Gasteiger partial charge in [0.15, 0.2) is 0 Å². The standard InChI is InChI=1S/C12H15NO2/c1-2-13-8-9(6-7-14)12-10(13)4-3-5-11(12)15/h3-5,7,9,15H,2,6,8H2,1H3. The second-order valence-corrected chi connectivity index (χ2v) is 3.85. The van der Waals surface area contributed by atoms with Crippen LogP contribution in [0.4, 0.5) is 5.69 Å². The van der Waals surface area contributed by atoms with E-state index < -0.39 is 0 Å². The Kier molecular flexibility index (Phi) is 2.62. The number of hydrogen-bond acceptors (Lipinski definition) is 3. The SMILES string of the molecule is CCN1CC(CC=O)c2c(O)cccc21. The van der Waals surface area contributed by atoms with Gasteiger partial charge in [-0.25, -0.2) is 0 Å². The normalized spacial score (nSPS) is 19.0. The van der Waals surface area contributed by atoms with Crippen molar-refractivity contribution in [3.63, 3.8) is 0 Å². The number of aldehydes is 1. The highest BCUT2D eigenvalue weighted by molar-refractivity contribution is 5.67. The monoisotopic (exact) mass is 205 g/mol. The van der Waals surface area contributed by atoms with E-state index in [1.54, 1.807) is 6.07 Å². The molecule has 1 aliphatic rings. The van der Waals surface area contributed by atoms with Crippen LogP contribution in [0.2, 0.25) is 0 Å². The zero-order valence-corrected chi connectivity index (χ0v) is 8.81. The van der Waals surface area contributed by atoms with Crippen LogP contribution in [0.5, 0.6) is 5.75 Å². The average molecular weight is 205 g/mol. The largest absolute Gasteiger partial charge is 0.508 e. The Bertz CT molecular complexity index is 376. The van der Waals surface area contributed by atoms with E-state index in [1.165, 1.54) is 0 Å². The van der Waals surface area contributed by atoms with Crippen LogP contribution < -0.4 is 4.90 Å². The molecule has 0 aromatic heterocycles. The van der Waals surface area contributed by atoms with Crippen molar-refractivity contribution in [2.45, 2.75) is 19.3 Å². The average Bonchev–Trinajstić information content (AvgIpc) is 2.59. The minimum Gasteiger partial charge on any atom is -0.508 e. The maximum Gasteiger partial charge on any atom is 0.121 e. The molecule has 3 nitrogen and oxygen atoms in total. The molecule has 0 spiro atoms. The molecule has 2 rings (SSSR count). The van der Waals surface area contributed by atoms with Gasteiger partial charge in [0.1, 0.15) is 12.0 Å². The van der Waals surface area contributed by atoms with Crippen LogP contribution in [0.1, 0.15) is 24.8 Å². The maximum absolute atomic E-state index is 10.6. The number of phenolic OH excluding ortho intramolecular Hbond substituents is 1. The highest BCUT2D eigenvalue weighted by Gasteiger charge is 2.29. The summed E-state index contributed by atoms with van der Waals surface area (Å²) in [4.78, 5) is 12.8. The number of rotatable bonds is 3. The van der Waals surface area contributed by atoms with E-state index >= 15 is 0 Å². The number of fused-ring (bicyclic) bond motifs is 1. The third kappa shape index (κ3) is 1.58. The van der Waals surface area contributed by atoms with Crippen molar-refractivity contribution in [1.82, 2.24) is 0 Å². The lowest BCUT2D eigenvalue weighted by Gasteiger charge is -2.16. The van der Waals surface area contributed by atoms with Gasteiger partial charge in [-0.05, 0) is 19.1 Å². The number of carbonyl (C=O) groups excluding carboxylic acids is 1. The zero-order valence-electron chi connectivity index (χ0n) is 8.81. The third-order valence-corrected chi connectivity index (χ3v) is 3.01. The molecule has 3 heteroatoms. The highest BCUT2D eigenvalue weighted by atomic mass is 16.3. The van der Waals surface area contributed by atoms with Gasteiger partial charge in [0.2, 0.25) is 0 Å². The molecule has 1 atom stereocenters. The zero-order chi connectivity index (χ0) is 10.8. The molecule has 1 N–H and O–H groups in total. The summed E-state index contributed by atoms with van der Waals surface area (Å²) < 4.78 is 0. The quantitative estimate of drug-likeness (QED) is 0.766. The summed E-state index contributed by atoms with van der Waals surface area (Å²) in [5, 5.41) is 9.80. The minimum absolute atomic E-state index is 0.152. The molecule has 1 heterocycles. The predicted octanol–water partition coefficient (Wildman–Crippen LogP) is 1.90. The van der Waals surface area contributed by atoms with Gasteiger partial charge >= 0.3 is 0 Å². The molecule has 1 aromatic rings. The van der Waals surface area contributed by atoms with Gasteiger partial charge in [0.05, 0.1) is 0 Å². The van der Waals surface area contributed by atoms with E-state index in [2.05, 4.69) is 11.8 Å². The smallest absolute Gasteiger partial charge is 0.121 e. The maximum atomic E-state index is 10.6. The number of carbonyl (C=O) groups is 1. The van der Waals surface area contributed by atoms with Gasteiger partial charge in [-0.3, -0.25) is 0 Å². The van der Waals surface area contributed by atoms with Crippen LogP contribution >= 0.6 is 0 Å². The molecule has 15 heavy (non-hydrogen) atoms. The summed E-state index contributed by atoms with van der Waals surface area (Å²) in [5.74, 6) is 0.467. The van der Waals surface area contributed by atoms with Crippen LogP contribution in [0, 0.1) is 0 Å². The van der Waals surface area contributed by atoms with Crippen molar-refractivity contribution in [3.8, 4) is 5.75 Å². The van der Waals surface area contributed by atoms with Crippen molar-refractivity contribution in [3.05, 3.63) is 23.8 Å². The molecule has 0 amide bonds. The molecular weight excluding hydrogens is 190 g/mol. The van der Waals surface area contributed by atoms with Gasteiger partial charge in [0.25, 0.3) is 0 Å². The Hall–Kier alpha value is -1.51.